The van der Waals surface area contributed by atoms with E-state index < -0.39 is 7.12 Å². The molecule has 0 aliphatic carbocycles. The van der Waals surface area contributed by atoms with Crippen molar-refractivity contribution in [2.45, 2.75) is 69.2 Å². The van der Waals surface area contributed by atoms with Crippen molar-refractivity contribution in [3.63, 3.8) is 0 Å². The fraction of sp³-hybridized carbons (Fsp3) is 0.172. The van der Waals surface area contributed by atoms with Crippen LogP contribution in [0.25, 0.3) is 55.0 Å². The molecule has 0 unspecified atom stereocenters. The average Bonchev–Trinajstić information content (AvgIpc) is 3.94. The zero-order chi connectivity index (χ0) is 48.9. The van der Waals surface area contributed by atoms with Crippen LogP contribution in [0.1, 0.15) is 66.5 Å². The van der Waals surface area contributed by atoms with Crippen LogP contribution in [0.4, 0.5) is 0 Å². The third-order valence-corrected chi connectivity index (χ3v) is 10.6. The fourth-order valence-corrected chi connectivity index (χ4v) is 7.50. The lowest BCUT2D eigenvalue weighted by Gasteiger charge is -2.03. The van der Waals surface area contributed by atoms with Gasteiger partial charge in [-0.2, -0.15) is 0 Å². The number of furan rings is 2. The molecule has 10 aromatic rings. The van der Waals surface area contributed by atoms with Crippen LogP contribution in [-0.4, -0.2) is 17.2 Å². The summed E-state index contributed by atoms with van der Waals surface area (Å²) in [7, 11) is -1.51. The minimum absolute atomic E-state index is 0.397. The maximum atomic E-state index is 9.24. The zero-order valence-electron chi connectivity index (χ0n) is 39.9. The van der Waals surface area contributed by atoms with Crippen LogP contribution in [0.15, 0.2) is 212 Å². The van der Waals surface area contributed by atoms with Crippen LogP contribution in [0, 0.1) is 17.4 Å². The Balaban J connectivity index is 0.000000290. The van der Waals surface area contributed by atoms with Crippen LogP contribution in [-0.2, 0) is 0 Å². The van der Waals surface area contributed by atoms with Gasteiger partial charge in [-0.05, 0) is 90.5 Å². The molecule has 2 N–H and O–H groups in total. The van der Waals surface area contributed by atoms with Gasteiger partial charge in [-0.15, -0.1) is 0 Å². The largest absolute Gasteiger partial charge is 0.492 e. The molecule has 0 fully saturated rings. The van der Waals surface area contributed by atoms with Gasteiger partial charge in [0.25, 0.3) is 0 Å². The molecular formula is C58H64BBr2IO4. The lowest BCUT2D eigenvalue weighted by atomic mass is 9.79. The van der Waals surface area contributed by atoms with E-state index in [2.05, 4.69) is 147 Å². The molecular weight excluding hydrogens is 1060 g/mol. The summed E-state index contributed by atoms with van der Waals surface area (Å²) in [6.07, 6.45) is 0. The van der Waals surface area contributed by atoms with Gasteiger partial charge in [0.1, 0.15) is 22.3 Å². The van der Waals surface area contributed by atoms with E-state index in [-0.39, 0.29) is 0 Å². The normalized spacial score (nSPS) is 9.44. The number of para-hydroxylation sites is 4. The Morgan fingerprint density at radius 3 is 1.23 bits per heavy atom. The van der Waals surface area contributed by atoms with Gasteiger partial charge in [-0.25, -0.2) is 0 Å². The standard InChI is InChI=1S/C19H14O.C12H9BO3.C7H7I.2C6H5Br.4C2H6/c1-13-6-4-7-14(12-13)15-9-5-10-17-16-8-2-3-11-18(16)20-19(15)17;14-13(15)10-6-3-5-9-8-4-1-2-7-11(8)16-12(9)10;1-6-3-2-4-7(8)5-6;2*7-6-4-2-1-3-5-6;4*1-2/h2-12H,1H3;1-7,14-15H;2-5H,1H3;2*1-5H;4*1-2H3. The first-order valence-corrected chi connectivity index (χ1v) is 25.2. The van der Waals surface area contributed by atoms with Gasteiger partial charge in [-0.3, -0.25) is 0 Å². The summed E-state index contributed by atoms with van der Waals surface area (Å²) in [6, 6.07) is 64.4. The molecule has 0 aliphatic heterocycles. The molecule has 10 rings (SSSR count). The Bertz CT molecular complexity index is 2790. The highest BCUT2D eigenvalue weighted by atomic mass is 127. The van der Waals surface area contributed by atoms with Crippen molar-refractivity contribution in [3.8, 4) is 11.1 Å². The lowest BCUT2D eigenvalue weighted by molar-refractivity contribution is 0.425. The molecule has 66 heavy (non-hydrogen) atoms. The Hall–Kier alpha value is -4.97. The van der Waals surface area contributed by atoms with E-state index in [0.29, 0.717) is 11.0 Å². The molecule has 0 spiro atoms. The number of benzene rings is 8. The molecule has 0 bridgehead atoms. The van der Waals surface area contributed by atoms with Gasteiger partial charge in [0.05, 0.1) is 0 Å². The van der Waals surface area contributed by atoms with E-state index in [0.717, 1.165) is 42.0 Å². The number of hydrogen-bond acceptors (Lipinski definition) is 4. The van der Waals surface area contributed by atoms with Crippen molar-refractivity contribution in [1.29, 1.82) is 0 Å². The van der Waals surface area contributed by atoms with Crippen molar-refractivity contribution in [2.24, 2.45) is 0 Å². The smallest absolute Gasteiger partial charge is 0.456 e. The quantitative estimate of drug-likeness (QED) is 0.134. The van der Waals surface area contributed by atoms with Crippen LogP contribution in [0.3, 0.4) is 0 Å². The first kappa shape index (κ1) is 57.2. The van der Waals surface area contributed by atoms with Crippen molar-refractivity contribution in [2.75, 3.05) is 0 Å². The van der Waals surface area contributed by atoms with Gasteiger partial charge in [0.2, 0.25) is 0 Å². The third-order valence-electron chi connectivity index (χ3n) is 8.89. The minimum Gasteiger partial charge on any atom is -0.456 e. The second kappa shape index (κ2) is 32.7. The van der Waals surface area contributed by atoms with E-state index in [1.165, 1.54) is 31.0 Å². The molecule has 2 aromatic heterocycles. The molecule has 0 saturated carbocycles. The van der Waals surface area contributed by atoms with E-state index >= 15 is 0 Å². The highest BCUT2D eigenvalue weighted by Crippen LogP contribution is 2.35. The monoisotopic (exact) mass is 1120 g/mol. The van der Waals surface area contributed by atoms with Gasteiger partial charge < -0.3 is 18.9 Å². The molecule has 0 radical (unpaired) electrons. The Morgan fingerprint density at radius 2 is 0.803 bits per heavy atom. The SMILES string of the molecule is Brc1ccccc1.Brc1ccccc1.CC.CC.CC.CC.Cc1cccc(-c2cccc3c2oc2ccccc23)c1.Cc1cccc(I)c1.OB(O)c1cccc2c1oc1ccccc12. The number of halogens is 3. The molecule has 0 aliphatic rings. The third kappa shape index (κ3) is 18.0. The minimum atomic E-state index is -1.51. The second-order valence-corrected chi connectivity index (χ2v) is 16.3. The number of fused-ring (bicyclic) bond motifs is 6. The van der Waals surface area contributed by atoms with Crippen LogP contribution >= 0.6 is 54.5 Å². The van der Waals surface area contributed by atoms with Crippen molar-refractivity contribution >= 4 is 111 Å². The van der Waals surface area contributed by atoms with Gasteiger partial charge in [-0.1, -0.05) is 244 Å². The second-order valence-electron chi connectivity index (χ2n) is 13.2. The summed E-state index contributed by atoms with van der Waals surface area (Å²) >= 11 is 8.93. The van der Waals surface area contributed by atoms with Gasteiger partial charge in [0.15, 0.2) is 0 Å². The zero-order valence-corrected chi connectivity index (χ0v) is 45.2. The van der Waals surface area contributed by atoms with Crippen LogP contribution in [0.5, 0.6) is 0 Å². The number of aryl methyl sites for hydroxylation is 2. The molecule has 0 saturated heterocycles. The Morgan fingerprint density at radius 1 is 0.409 bits per heavy atom. The van der Waals surface area contributed by atoms with Crippen molar-refractivity contribution < 1.29 is 18.9 Å². The summed E-state index contributed by atoms with van der Waals surface area (Å²) in [5.74, 6) is 0. The lowest BCUT2D eigenvalue weighted by Crippen LogP contribution is -2.29. The molecule has 344 valence electrons. The Kier molecular flexibility index (Phi) is 28.3. The highest BCUT2D eigenvalue weighted by molar-refractivity contribution is 14.1. The molecule has 8 aromatic carbocycles. The fourth-order valence-electron chi connectivity index (χ4n) is 6.19. The van der Waals surface area contributed by atoms with Gasteiger partial charge in [0, 0.05) is 45.1 Å². The molecule has 8 heteroatoms. The van der Waals surface area contributed by atoms with Crippen molar-refractivity contribution in [1.82, 2.24) is 0 Å². The summed E-state index contributed by atoms with van der Waals surface area (Å²) < 4.78 is 15.3. The molecule has 4 nitrogen and oxygen atoms in total. The molecule has 0 amide bonds. The highest BCUT2D eigenvalue weighted by Gasteiger charge is 2.18. The predicted molar refractivity (Wildman–Crippen MR) is 305 cm³/mol. The summed E-state index contributed by atoms with van der Waals surface area (Å²) in [5.41, 5.74) is 8.56. The van der Waals surface area contributed by atoms with E-state index in [9.17, 15) is 10.0 Å². The van der Waals surface area contributed by atoms with E-state index in [1.807, 2.05) is 159 Å². The number of rotatable bonds is 2. The van der Waals surface area contributed by atoms with E-state index in [1.54, 1.807) is 12.1 Å². The summed E-state index contributed by atoms with van der Waals surface area (Å²) in [5, 5.41) is 22.7. The maximum absolute atomic E-state index is 9.24. The summed E-state index contributed by atoms with van der Waals surface area (Å²) in [6.45, 7) is 20.2. The van der Waals surface area contributed by atoms with Crippen LogP contribution in [0.2, 0.25) is 0 Å². The average molecular weight is 1120 g/mol. The predicted octanol–water partition coefficient (Wildman–Crippen LogP) is 18.4. The first-order valence-electron chi connectivity index (χ1n) is 22.5. The van der Waals surface area contributed by atoms with Crippen molar-refractivity contribution in [3.05, 3.63) is 218 Å². The first-order chi connectivity index (χ1) is 32.2. The summed E-state index contributed by atoms with van der Waals surface area (Å²) in [4.78, 5) is 0. The topological polar surface area (TPSA) is 66.7 Å². The van der Waals surface area contributed by atoms with Gasteiger partial charge >= 0.3 is 7.12 Å². The van der Waals surface area contributed by atoms with E-state index in [4.69, 9.17) is 8.83 Å². The maximum Gasteiger partial charge on any atom is 0.492 e. The molecule has 2 heterocycles. The molecule has 0 atom stereocenters. The van der Waals surface area contributed by atoms with Crippen LogP contribution < -0.4 is 5.46 Å². The Labute approximate surface area is 424 Å². The number of hydrogen-bond donors (Lipinski definition) is 2.